The summed E-state index contributed by atoms with van der Waals surface area (Å²) >= 11 is 0. The Morgan fingerprint density at radius 2 is 1.88 bits per heavy atom. The normalized spacial score (nSPS) is 15.4. The lowest BCUT2D eigenvalue weighted by Gasteiger charge is -2.15. The molecule has 0 aliphatic carbocycles. The summed E-state index contributed by atoms with van der Waals surface area (Å²) in [5.41, 5.74) is 1.67. The molecule has 0 fully saturated rings. The predicted molar refractivity (Wildman–Crippen MR) is 92.6 cm³/mol. The second-order valence-electron chi connectivity index (χ2n) is 5.84. The molecule has 0 N–H and O–H groups in total. The zero-order chi connectivity index (χ0) is 18.8. The molecule has 0 radical (unpaired) electrons. The molecular weight excluding hydrogens is 339 g/mol. The number of fused-ring (bicyclic) bond motifs is 1. The first-order valence-corrected chi connectivity index (χ1v) is 7.98. The lowest BCUT2D eigenvalue weighted by Crippen LogP contribution is -2.25. The Morgan fingerprint density at radius 1 is 1.19 bits per heavy atom. The van der Waals surface area contributed by atoms with Crippen LogP contribution >= 0.6 is 0 Å². The van der Waals surface area contributed by atoms with Crippen LogP contribution < -0.4 is 9.47 Å². The molecule has 0 amide bonds. The van der Waals surface area contributed by atoms with Gasteiger partial charge in [0, 0.05) is 5.56 Å². The SMILES string of the molecule is COC(=O)C(C)Oc1ccc2c(c1C)O/C(=C\c1ccc(F)cc1)C2=O. The molecular formula is C20H17FO5. The average Bonchev–Trinajstić information content (AvgIpc) is 2.95. The molecule has 0 saturated carbocycles. The van der Waals surface area contributed by atoms with E-state index in [1.54, 1.807) is 44.2 Å². The largest absolute Gasteiger partial charge is 0.479 e. The quantitative estimate of drug-likeness (QED) is 0.618. The van der Waals surface area contributed by atoms with Gasteiger partial charge in [-0.25, -0.2) is 9.18 Å². The van der Waals surface area contributed by atoms with Crippen LogP contribution in [0.3, 0.4) is 0 Å². The van der Waals surface area contributed by atoms with E-state index in [0.29, 0.717) is 28.2 Å². The number of esters is 1. The number of rotatable bonds is 4. The first-order chi connectivity index (χ1) is 12.4. The summed E-state index contributed by atoms with van der Waals surface area (Å²) in [5.74, 6) is -0.159. The minimum absolute atomic E-state index is 0.146. The molecule has 0 bridgehead atoms. The number of ether oxygens (including phenoxy) is 3. The van der Waals surface area contributed by atoms with Crippen LogP contribution in [0.1, 0.15) is 28.4 Å². The van der Waals surface area contributed by atoms with E-state index in [2.05, 4.69) is 4.74 Å². The Labute approximate surface area is 150 Å². The average molecular weight is 356 g/mol. The van der Waals surface area contributed by atoms with Crippen LogP contribution in [0, 0.1) is 12.7 Å². The summed E-state index contributed by atoms with van der Waals surface area (Å²) in [4.78, 5) is 24.1. The lowest BCUT2D eigenvalue weighted by atomic mass is 10.1. The topological polar surface area (TPSA) is 61.8 Å². The van der Waals surface area contributed by atoms with Crippen molar-refractivity contribution in [3.63, 3.8) is 0 Å². The summed E-state index contributed by atoms with van der Waals surface area (Å²) in [7, 11) is 1.28. The van der Waals surface area contributed by atoms with Gasteiger partial charge in [-0.15, -0.1) is 0 Å². The van der Waals surface area contributed by atoms with Crippen LogP contribution in [-0.4, -0.2) is 25.0 Å². The van der Waals surface area contributed by atoms with E-state index in [1.807, 2.05) is 0 Å². The van der Waals surface area contributed by atoms with Crippen molar-refractivity contribution in [3.05, 3.63) is 64.7 Å². The molecule has 1 aliphatic rings. The van der Waals surface area contributed by atoms with E-state index in [1.165, 1.54) is 19.2 Å². The number of allylic oxidation sites excluding steroid dienone is 1. The van der Waals surface area contributed by atoms with E-state index in [-0.39, 0.29) is 17.4 Å². The van der Waals surface area contributed by atoms with E-state index < -0.39 is 12.1 Å². The van der Waals surface area contributed by atoms with Gasteiger partial charge in [0.15, 0.2) is 11.9 Å². The Kier molecular flexibility index (Phi) is 4.75. The second-order valence-corrected chi connectivity index (χ2v) is 5.84. The number of ketones is 1. The van der Waals surface area contributed by atoms with Crippen LogP contribution in [0.25, 0.3) is 6.08 Å². The number of carbonyl (C=O) groups is 2. The molecule has 0 aromatic heterocycles. The van der Waals surface area contributed by atoms with Gasteiger partial charge in [-0.05, 0) is 49.8 Å². The number of methoxy groups -OCH3 is 1. The number of halogens is 1. The molecule has 1 atom stereocenters. The zero-order valence-electron chi connectivity index (χ0n) is 14.5. The molecule has 1 unspecified atom stereocenters. The molecule has 2 aromatic carbocycles. The van der Waals surface area contributed by atoms with Crippen molar-refractivity contribution in [2.75, 3.05) is 7.11 Å². The van der Waals surface area contributed by atoms with Crippen molar-refractivity contribution in [1.29, 1.82) is 0 Å². The monoisotopic (exact) mass is 356 g/mol. The Balaban J connectivity index is 1.89. The summed E-state index contributed by atoms with van der Waals surface area (Å²) < 4.78 is 29.0. The standard InChI is InChI=1S/C20H17FO5/c1-11-16(25-12(2)20(23)24-3)9-8-15-18(22)17(26-19(11)15)10-13-4-6-14(21)7-5-13/h4-10,12H,1-3H3/b17-10-. The minimum atomic E-state index is -0.789. The first kappa shape index (κ1) is 17.7. The number of carbonyl (C=O) groups excluding carboxylic acids is 2. The summed E-state index contributed by atoms with van der Waals surface area (Å²) in [6.07, 6.45) is 0.766. The summed E-state index contributed by atoms with van der Waals surface area (Å²) in [5, 5.41) is 0. The molecule has 26 heavy (non-hydrogen) atoms. The molecule has 1 aliphatic heterocycles. The summed E-state index contributed by atoms with van der Waals surface area (Å²) in [6.45, 7) is 3.32. The van der Waals surface area contributed by atoms with Gasteiger partial charge in [-0.2, -0.15) is 0 Å². The highest BCUT2D eigenvalue weighted by molar-refractivity contribution is 6.14. The molecule has 0 spiro atoms. The van der Waals surface area contributed by atoms with Crippen LogP contribution in [0.15, 0.2) is 42.2 Å². The van der Waals surface area contributed by atoms with Crippen LogP contribution in [0.2, 0.25) is 0 Å². The molecule has 0 saturated heterocycles. The van der Waals surface area contributed by atoms with Crippen molar-refractivity contribution in [2.24, 2.45) is 0 Å². The van der Waals surface area contributed by atoms with Gasteiger partial charge in [-0.1, -0.05) is 12.1 Å². The van der Waals surface area contributed by atoms with Gasteiger partial charge in [0.25, 0.3) is 0 Å². The van der Waals surface area contributed by atoms with Crippen molar-refractivity contribution in [1.82, 2.24) is 0 Å². The Bertz CT molecular complexity index is 899. The number of Topliss-reactive ketones (excluding diaryl/α,β-unsaturated/α-hetero) is 1. The van der Waals surface area contributed by atoms with E-state index in [4.69, 9.17) is 9.47 Å². The minimum Gasteiger partial charge on any atom is -0.479 e. The van der Waals surface area contributed by atoms with Crippen molar-refractivity contribution in [2.45, 2.75) is 20.0 Å². The van der Waals surface area contributed by atoms with Crippen molar-refractivity contribution in [3.8, 4) is 11.5 Å². The van der Waals surface area contributed by atoms with Crippen LogP contribution in [0.5, 0.6) is 11.5 Å². The van der Waals surface area contributed by atoms with Crippen molar-refractivity contribution >= 4 is 17.8 Å². The van der Waals surface area contributed by atoms with Gasteiger partial charge in [-0.3, -0.25) is 4.79 Å². The van der Waals surface area contributed by atoms with Gasteiger partial charge in [0.1, 0.15) is 17.3 Å². The molecule has 3 rings (SSSR count). The van der Waals surface area contributed by atoms with E-state index in [0.717, 1.165) is 0 Å². The lowest BCUT2D eigenvalue weighted by molar-refractivity contribution is -0.147. The maximum absolute atomic E-state index is 13.0. The third-order valence-corrected chi connectivity index (χ3v) is 4.04. The van der Waals surface area contributed by atoms with E-state index in [9.17, 15) is 14.0 Å². The fourth-order valence-corrected chi connectivity index (χ4v) is 2.61. The molecule has 2 aromatic rings. The number of hydrogen-bond acceptors (Lipinski definition) is 5. The van der Waals surface area contributed by atoms with Gasteiger partial charge < -0.3 is 14.2 Å². The third kappa shape index (κ3) is 3.31. The Morgan fingerprint density at radius 3 is 2.54 bits per heavy atom. The number of hydrogen-bond donors (Lipinski definition) is 0. The Hall–Kier alpha value is -3.15. The predicted octanol–water partition coefficient (Wildman–Crippen LogP) is 3.69. The van der Waals surface area contributed by atoms with Gasteiger partial charge in [0.2, 0.25) is 5.78 Å². The maximum Gasteiger partial charge on any atom is 0.346 e. The van der Waals surface area contributed by atoms with E-state index >= 15 is 0 Å². The highest BCUT2D eigenvalue weighted by atomic mass is 19.1. The summed E-state index contributed by atoms with van der Waals surface area (Å²) in [6, 6.07) is 8.95. The highest BCUT2D eigenvalue weighted by Gasteiger charge is 2.30. The first-order valence-electron chi connectivity index (χ1n) is 7.98. The highest BCUT2D eigenvalue weighted by Crippen LogP contribution is 2.39. The van der Waals surface area contributed by atoms with Gasteiger partial charge in [0.05, 0.1) is 12.7 Å². The molecule has 6 heteroatoms. The molecule has 5 nitrogen and oxygen atoms in total. The van der Waals surface area contributed by atoms with Crippen molar-refractivity contribution < 1.29 is 28.2 Å². The molecule has 1 heterocycles. The fourth-order valence-electron chi connectivity index (χ4n) is 2.61. The third-order valence-electron chi connectivity index (χ3n) is 4.04. The van der Waals surface area contributed by atoms with Crippen LogP contribution in [-0.2, 0) is 9.53 Å². The smallest absolute Gasteiger partial charge is 0.346 e. The fraction of sp³-hybridized carbons (Fsp3) is 0.200. The molecule has 134 valence electrons. The van der Waals surface area contributed by atoms with Crippen LogP contribution in [0.4, 0.5) is 4.39 Å². The second kappa shape index (κ2) is 7.00. The zero-order valence-corrected chi connectivity index (χ0v) is 14.5. The van der Waals surface area contributed by atoms with Gasteiger partial charge >= 0.3 is 5.97 Å². The maximum atomic E-state index is 13.0. The number of benzene rings is 2.